The normalized spacial score (nSPS) is 15.0. The van der Waals surface area contributed by atoms with E-state index in [2.05, 4.69) is 0 Å². The zero-order chi connectivity index (χ0) is 19.6. The van der Waals surface area contributed by atoms with Gasteiger partial charge in [-0.3, -0.25) is 9.59 Å². The predicted molar refractivity (Wildman–Crippen MR) is 94.4 cm³/mol. The number of amides is 2. The number of aryl methyl sites for hydroxylation is 1. The Labute approximate surface area is 155 Å². The Kier molecular flexibility index (Phi) is 5.21. The molecule has 0 unspecified atom stereocenters. The van der Waals surface area contributed by atoms with Crippen LogP contribution in [0.25, 0.3) is 0 Å². The molecule has 1 saturated heterocycles. The van der Waals surface area contributed by atoms with Crippen molar-refractivity contribution in [3.63, 3.8) is 0 Å². The second-order valence-corrected chi connectivity index (χ2v) is 6.53. The summed E-state index contributed by atoms with van der Waals surface area (Å²) in [6, 6.07) is 11.5. The van der Waals surface area contributed by atoms with E-state index in [9.17, 15) is 22.8 Å². The Morgan fingerprint density at radius 3 is 1.81 bits per heavy atom. The largest absolute Gasteiger partial charge is 0.416 e. The summed E-state index contributed by atoms with van der Waals surface area (Å²) in [5.74, 6) is -0.410. The smallest absolute Gasteiger partial charge is 0.335 e. The number of rotatable bonds is 2. The Bertz CT molecular complexity index is 839. The van der Waals surface area contributed by atoms with Gasteiger partial charge in [0.2, 0.25) is 0 Å². The Hall–Kier alpha value is -2.83. The fraction of sp³-hybridized carbons (Fsp3) is 0.300. The van der Waals surface area contributed by atoms with Gasteiger partial charge in [-0.05, 0) is 43.3 Å². The molecule has 0 radical (unpaired) electrons. The molecule has 1 aliphatic rings. The minimum Gasteiger partial charge on any atom is -0.335 e. The molecule has 0 aromatic heterocycles. The quantitative estimate of drug-likeness (QED) is 0.803. The van der Waals surface area contributed by atoms with E-state index in [1.807, 2.05) is 25.1 Å². The first-order chi connectivity index (χ1) is 12.8. The minimum absolute atomic E-state index is 0.0830. The lowest BCUT2D eigenvalue weighted by atomic mass is 10.1. The summed E-state index contributed by atoms with van der Waals surface area (Å²) in [6.07, 6.45) is -4.43. The number of piperazine rings is 1. The van der Waals surface area contributed by atoms with Gasteiger partial charge in [0.05, 0.1) is 5.56 Å². The fourth-order valence-corrected chi connectivity index (χ4v) is 3.06. The highest BCUT2D eigenvalue weighted by Gasteiger charge is 2.31. The maximum atomic E-state index is 12.6. The maximum Gasteiger partial charge on any atom is 0.416 e. The minimum atomic E-state index is -4.43. The zero-order valence-corrected chi connectivity index (χ0v) is 14.8. The van der Waals surface area contributed by atoms with Crippen LogP contribution in [0.5, 0.6) is 0 Å². The zero-order valence-electron chi connectivity index (χ0n) is 14.8. The van der Waals surface area contributed by atoms with Gasteiger partial charge >= 0.3 is 6.18 Å². The van der Waals surface area contributed by atoms with E-state index in [1.165, 1.54) is 12.1 Å². The van der Waals surface area contributed by atoms with Crippen molar-refractivity contribution in [2.75, 3.05) is 26.2 Å². The van der Waals surface area contributed by atoms with Gasteiger partial charge in [0.15, 0.2) is 0 Å². The Morgan fingerprint density at radius 2 is 1.33 bits per heavy atom. The highest BCUT2D eigenvalue weighted by Crippen LogP contribution is 2.29. The molecular weight excluding hydrogens is 357 g/mol. The molecule has 1 fully saturated rings. The Morgan fingerprint density at radius 1 is 0.815 bits per heavy atom. The van der Waals surface area contributed by atoms with Crippen LogP contribution in [0, 0.1) is 6.92 Å². The lowest BCUT2D eigenvalue weighted by Crippen LogP contribution is -2.50. The standard InChI is InChI=1S/C20H19F3N2O2/c1-14-3-2-4-16(13-14)19(27)25-11-9-24(10-12-25)18(26)15-5-7-17(8-6-15)20(21,22)23/h2-8,13H,9-12H2,1H3. The van der Waals surface area contributed by atoms with E-state index in [4.69, 9.17) is 0 Å². The first-order valence-corrected chi connectivity index (χ1v) is 8.58. The van der Waals surface area contributed by atoms with Gasteiger partial charge in [-0.15, -0.1) is 0 Å². The van der Waals surface area contributed by atoms with Crippen LogP contribution >= 0.6 is 0 Å². The van der Waals surface area contributed by atoms with E-state index in [0.717, 1.165) is 17.7 Å². The molecule has 3 rings (SSSR count). The first kappa shape index (κ1) is 18.9. The van der Waals surface area contributed by atoms with Crippen LogP contribution in [0.4, 0.5) is 13.2 Å². The molecule has 0 atom stereocenters. The highest BCUT2D eigenvalue weighted by atomic mass is 19.4. The van der Waals surface area contributed by atoms with Crippen LogP contribution in [0.3, 0.4) is 0 Å². The molecule has 1 aliphatic heterocycles. The van der Waals surface area contributed by atoms with Gasteiger partial charge in [0.1, 0.15) is 0 Å². The second kappa shape index (κ2) is 7.42. The highest BCUT2D eigenvalue weighted by molar-refractivity contribution is 5.96. The van der Waals surface area contributed by atoms with Crippen LogP contribution in [0.1, 0.15) is 31.8 Å². The lowest BCUT2D eigenvalue weighted by Gasteiger charge is -2.35. The van der Waals surface area contributed by atoms with Crippen LogP contribution in [0.2, 0.25) is 0 Å². The van der Waals surface area contributed by atoms with Crippen molar-refractivity contribution < 1.29 is 22.8 Å². The molecule has 2 aromatic carbocycles. The second-order valence-electron chi connectivity index (χ2n) is 6.53. The van der Waals surface area contributed by atoms with Crippen molar-refractivity contribution in [1.82, 2.24) is 9.80 Å². The summed E-state index contributed by atoms with van der Waals surface area (Å²) in [6.45, 7) is 3.38. The summed E-state index contributed by atoms with van der Waals surface area (Å²) in [4.78, 5) is 28.3. The number of hydrogen-bond acceptors (Lipinski definition) is 2. The number of carbonyl (C=O) groups excluding carboxylic acids is 2. The molecular formula is C20H19F3N2O2. The van der Waals surface area contributed by atoms with Gasteiger partial charge < -0.3 is 9.80 Å². The summed E-state index contributed by atoms with van der Waals surface area (Å²) >= 11 is 0. The monoisotopic (exact) mass is 376 g/mol. The van der Waals surface area contributed by atoms with E-state index >= 15 is 0 Å². The number of hydrogen-bond donors (Lipinski definition) is 0. The van der Waals surface area contributed by atoms with Gasteiger partial charge in [-0.2, -0.15) is 13.2 Å². The molecule has 27 heavy (non-hydrogen) atoms. The van der Waals surface area contributed by atoms with Crippen LogP contribution in [-0.4, -0.2) is 47.8 Å². The molecule has 0 spiro atoms. The van der Waals surface area contributed by atoms with Gasteiger partial charge in [0.25, 0.3) is 11.8 Å². The number of alkyl halides is 3. The molecule has 2 amide bonds. The average Bonchev–Trinajstić information content (AvgIpc) is 2.66. The number of halogens is 3. The fourth-order valence-electron chi connectivity index (χ4n) is 3.06. The predicted octanol–water partition coefficient (Wildman–Crippen LogP) is 3.61. The van der Waals surface area contributed by atoms with Gasteiger partial charge in [-0.25, -0.2) is 0 Å². The van der Waals surface area contributed by atoms with E-state index in [-0.39, 0.29) is 17.4 Å². The number of benzene rings is 2. The molecule has 0 aliphatic carbocycles. The molecule has 142 valence electrons. The van der Waals surface area contributed by atoms with E-state index in [1.54, 1.807) is 15.9 Å². The van der Waals surface area contributed by atoms with Crippen LogP contribution < -0.4 is 0 Å². The van der Waals surface area contributed by atoms with E-state index in [0.29, 0.717) is 31.7 Å². The molecule has 1 heterocycles. The topological polar surface area (TPSA) is 40.6 Å². The molecule has 0 N–H and O–H groups in total. The summed E-state index contributed by atoms with van der Waals surface area (Å²) in [5.41, 5.74) is 1.03. The van der Waals surface area contributed by atoms with E-state index < -0.39 is 11.7 Å². The van der Waals surface area contributed by atoms with Crippen LogP contribution in [-0.2, 0) is 6.18 Å². The SMILES string of the molecule is Cc1cccc(C(=O)N2CCN(C(=O)c3ccc(C(F)(F)F)cc3)CC2)c1. The van der Waals surface area contributed by atoms with Crippen molar-refractivity contribution in [3.8, 4) is 0 Å². The number of carbonyl (C=O) groups is 2. The molecule has 7 heteroatoms. The van der Waals surface area contributed by atoms with Crippen molar-refractivity contribution >= 4 is 11.8 Å². The molecule has 4 nitrogen and oxygen atoms in total. The first-order valence-electron chi connectivity index (χ1n) is 8.58. The third-order valence-corrected chi connectivity index (χ3v) is 4.58. The summed E-state index contributed by atoms with van der Waals surface area (Å²) in [5, 5.41) is 0. The van der Waals surface area contributed by atoms with Crippen molar-refractivity contribution in [2.45, 2.75) is 13.1 Å². The van der Waals surface area contributed by atoms with Gasteiger partial charge in [-0.1, -0.05) is 17.7 Å². The third kappa shape index (κ3) is 4.30. The van der Waals surface area contributed by atoms with Crippen molar-refractivity contribution in [2.24, 2.45) is 0 Å². The number of nitrogens with zero attached hydrogens (tertiary/aromatic N) is 2. The molecule has 2 aromatic rings. The summed E-state index contributed by atoms with van der Waals surface area (Å²) < 4.78 is 37.9. The van der Waals surface area contributed by atoms with Crippen molar-refractivity contribution in [3.05, 3.63) is 70.8 Å². The maximum absolute atomic E-state index is 12.6. The molecule has 0 bridgehead atoms. The van der Waals surface area contributed by atoms with Gasteiger partial charge in [0, 0.05) is 37.3 Å². The average molecular weight is 376 g/mol. The summed E-state index contributed by atoms with van der Waals surface area (Å²) in [7, 11) is 0. The van der Waals surface area contributed by atoms with Crippen molar-refractivity contribution in [1.29, 1.82) is 0 Å². The van der Waals surface area contributed by atoms with Crippen LogP contribution in [0.15, 0.2) is 48.5 Å². The third-order valence-electron chi connectivity index (χ3n) is 4.58. The Balaban J connectivity index is 1.61. The lowest BCUT2D eigenvalue weighted by molar-refractivity contribution is -0.137. The molecule has 0 saturated carbocycles.